The van der Waals surface area contributed by atoms with Crippen molar-refractivity contribution in [1.29, 1.82) is 0 Å². The van der Waals surface area contributed by atoms with Gasteiger partial charge in [0.25, 0.3) is 0 Å². The van der Waals surface area contributed by atoms with Crippen LogP contribution in [0.15, 0.2) is 0 Å². The fraction of sp³-hybridized carbons (Fsp3) is 0.933. The lowest BCUT2D eigenvalue weighted by Crippen LogP contribution is -2.48. The smallest absolute Gasteiger partial charge is 0.231 e. The minimum Gasteiger partial charge on any atom is -0.369 e. The highest BCUT2D eigenvalue weighted by molar-refractivity contribution is 5.75. The van der Waals surface area contributed by atoms with E-state index in [1.807, 2.05) is 0 Å². The second-order valence-electron chi connectivity index (χ2n) is 6.89. The topological polar surface area (TPSA) is 61.6 Å². The Hall–Kier alpha value is -0.650. The van der Waals surface area contributed by atoms with Crippen molar-refractivity contribution in [2.24, 2.45) is 5.73 Å². The summed E-state index contributed by atoms with van der Waals surface area (Å²) < 4.78 is 0. The van der Waals surface area contributed by atoms with E-state index in [2.05, 4.69) is 22.0 Å². The van der Waals surface area contributed by atoms with E-state index in [9.17, 15) is 4.79 Å². The van der Waals surface area contributed by atoms with Gasteiger partial charge in [0.05, 0.1) is 6.54 Å². The number of hydrogen-bond donors (Lipinski definition) is 2. The summed E-state index contributed by atoms with van der Waals surface area (Å²) in [6.07, 6.45) is 6.38. The number of nitrogens with two attached hydrogens (primary N) is 1. The number of amides is 1. The highest BCUT2D eigenvalue weighted by atomic mass is 16.1. The molecule has 1 saturated carbocycles. The van der Waals surface area contributed by atoms with Crippen molar-refractivity contribution < 1.29 is 4.79 Å². The highest BCUT2D eigenvalue weighted by Gasteiger charge is 2.39. The molecule has 5 heteroatoms. The Bertz CT molecular complexity index is 350. The van der Waals surface area contributed by atoms with Crippen molar-refractivity contribution in [3.63, 3.8) is 0 Å². The van der Waals surface area contributed by atoms with Crippen LogP contribution >= 0.6 is 0 Å². The standard InChI is InChI=1S/C15H28N4O/c1-11-8-13(9-19(11)14-2-3-14)17-12-4-6-18(7-5-12)10-15(16)20/h11-14,17H,2-10H2,1H3,(H2,16,20)/t11-,13-/m1/s1. The molecule has 1 aliphatic carbocycles. The minimum atomic E-state index is -0.207. The van der Waals surface area contributed by atoms with E-state index >= 15 is 0 Å². The summed E-state index contributed by atoms with van der Waals surface area (Å²) in [6, 6.07) is 2.91. The minimum absolute atomic E-state index is 0.207. The fourth-order valence-electron chi connectivity index (χ4n) is 3.90. The van der Waals surface area contributed by atoms with Gasteiger partial charge in [-0.3, -0.25) is 14.6 Å². The molecule has 20 heavy (non-hydrogen) atoms. The number of carbonyl (C=O) groups excluding carboxylic acids is 1. The molecule has 0 aromatic carbocycles. The highest BCUT2D eigenvalue weighted by Crippen LogP contribution is 2.33. The van der Waals surface area contributed by atoms with Crippen molar-refractivity contribution in [3.8, 4) is 0 Å². The number of likely N-dealkylation sites (tertiary alicyclic amines) is 2. The van der Waals surface area contributed by atoms with Gasteiger partial charge in [-0.1, -0.05) is 0 Å². The molecule has 3 rings (SSSR count). The molecule has 0 spiro atoms. The normalized spacial score (nSPS) is 33.6. The van der Waals surface area contributed by atoms with Crippen LogP contribution in [-0.2, 0) is 4.79 Å². The third-order valence-electron chi connectivity index (χ3n) is 5.08. The summed E-state index contributed by atoms with van der Waals surface area (Å²) in [5.74, 6) is -0.207. The number of piperidine rings is 1. The maximum atomic E-state index is 10.9. The van der Waals surface area contributed by atoms with Gasteiger partial charge in [0, 0.05) is 43.8 Å². The zero-order valence-corrected chi connectivity index (χ0v) is 12.6. The first-order valence-corrected chi connectivity index (χ1v) is 8.14. The molecule has 5 nitrogen and oxygen atoms in total. The summed E-state index contributed by atoms with van der Waals surface area (Å²) in [5, 5.41) is 3.85. The fourth-order valence-corrected chi connectivity index (χ4v) is 3.90. The lowest BCUT2D eigenvalue weighted by Gasteiger charge is -2.33. The molecule has 114 valence electrons. The zero-order chi connectivity index (χ0) is 14.1. The molecular weight excluding hydrogens is 252 g/mol. The molecule has 0 aromatic rings. The Labute approximate surface area is 121 Å². The number of hydrogen-bond acceptors (Lipinski definition) is 4. The molecule has 3 N–H and O–H groups in total. The molecule has 0 radical (unpaired) electrons. The summed E-state index contributed by atoms with van der Waals surface area (Å²) in [7, 11) is 0. The molecule has 3 aliphatic rings. The molecular formula is C15H28N4O. The first-order valence-electron chi connectivity index (χ1n) is 8.14. The molecule has 2 atom stereocenters. The van der Waals surface area contributed by atoms with Gasteiger partial charge in [-0.05, 0) is 39.0 Å². The Kier molecular flexibility index (Phi) is 4.29. The van der Waals surface area contributed by atoms with Gasteiger partial charge in [0.2, 0.25) is 5.91 Å². The van der Waals surface area contributed by atoms with Crippen molar-refractivity contribution in [3.05, 3.63) is 0 Å². The van der Waals surface area contributed by atoms with Crippen molar-refractivity contribution in [2.45, 2.75) is 63.2 Å². The first kappa shape index (κ1) is 14.3. The summed E-state index contributed by atoms with van der Waals surface area (Å²) in [6.45, 7) is 6.01. The van der Waals surface area contributed by atoms with Gasteiger partial charge in [0.1, 0.15) is 0 Å². The maximum absolute atomic E-state index is 10.9. The van der Waals surface area contributed by atoms with Crippen molar-refractivity contribution >= 4 is 5.91 Å². The zero-order valence-electron chi connectivity index (χ0n) is 12.6. The van der Waals surface area contributed by atoms with E-state index in [0.29, 0.717) is 18.6 Å². The van der Waals surface area contributed by atoms with Gasteiger partial charge >= 0.3 is 0 Å². The van der Waals surface area contributed by atoms with E-state index < -0.39 is 0 Å². The Morgan fingerprint density at radius 2 is 1.90 bits per heavy atom. The lowest BCUT2D eigenvalue weighted by molar-refractivity contribution is -0.119. The molecule has 3 fully saturated rings. The number of primary amides is 1. The predicted octanol–water partition coefficient (Wildman–Crippen LogP) is 0.151. The van der Waals surface area contributed by atoms with Crippen LogP contribution in [0.25, 0.3) is 0 Å². The van der Waals surface area contributed by atoms with Crippen LogP contribution < -0.4 is 11.1 Å². The summed E-state index contributed by atoms with van der Waals surface area (Å²) >= 11 is 0. The van der Waals surface area contributed by atoms with E-state index in [-0.39, 0.29) is 5.91 Å². The lowest BCUT2D eigenvalue weighted by atomic mass is 10.0. The average molecular weight is 280 g/mol. The number of nitrogens with one attached hydrogen (secondary N) is 1. The third kappa shape index (κ3) is 3.51. The molecule has 2 saturated heterocycles. The molecule has 0 unspecified atom stereocenters. The summed E-state index contributed by atoms with van der Waals surface area (Å²) in [4.78, 5) is 15.8. The van der Waals surface area contributed by atoms with E-state index in [4.69, 9.17) is 5.73 Å². The number of carbonyl (C=O) groups is 1. The van der Waals surface area contributed by atoms with Crippen LogP contribution in [0.4, 0.5) is 0 Å². The van der Waals surface area contributed by atoms with Gasteiger partial charge in [0.15, 0.2) is 0 Å². The number of rotatable bonds is 5. The Morgan fingerprint density at radius 3 is 2.50 bits per heavy atom. The molecule has 2 heterocycles. The van der Waals surface area contributed by atoms with Gasteiger partial charge < -0.3 is 11.1 Å². The molecule has 2 aliphatic heterocycles. The first-order chi connectivity index (χ1) is 9.61. The van der Waals surface area contributed by atoms with Crippen LogP contribution in [0.3, 0.4) is 0 Å². The quantitative estimate of drug-likeness (QED) is 0.753. The molecule has 0 aromatic heterocycles. The van der Waals surface area contributed by atoms with Crippen molar-refractivity contribution in [1.82, 2.24) is 15.1 Å². The Morgan fingerprint density at radius 1 is 1.20 bits per heavy atom. The number of nitrogens with zero attached hydrogens (tertiary/aromatic N) is 2. The van der Waals surface area contributed by atoms with E-state index in [1.54, 1.807) is 0 Å². The van der Waals surface area contributed by atoms with E-state index in [0.717, 1.165) is 38.0 Å². The molecule has 1 amide bonds. The second kappa shape index (κ2) is 6.00. The average Bonchev–Trinajstić information content (AvgIpc) is 3.16. The van der Waals surface area contributed by atoms with Crippen LogP contribution in [-0.4, -0.2) is 66.1 Å². The largest absolute Gasteiger partial charge is 0.369 e. The third-order valence-corrected chi connectivity index (χ3v) is 5.08. The van der Waals surface area contributed by atoms with Gasteiger partial charge in [-0.2, -0.15) is 0 Å². The second-order valence-corrected chi connectivity index (χ2v) is 6.89. The SMILES string of the molecule is C[C@@H]1C[C@@H](NC2CCN(CC(N)=O)CC2)CN1C1CC1. The molecule has 0 bridgehead atoms. The van der Waals surface area contributed by atoms with Crippen molar-refractivity contribution in [2.75, 3.05) is 26.2 Å². The van der Waals surface area contributed by atoms with Crippen LogP contribution in [0.5, 0.6) is 0 Å². The summed E-state index contributed by atoms with van der Waals surface area (Å²) in [5.41, 5.74) is 5.25. The Balaban J connectivity index is 1.40. The van der Waals surface area contributed by atoms with Gasteiger partial charge in [-0.15, -0.1) is 0 Å². The van der Waals surface area contributed by atoms with E-state index in [1.165, 1.54) is 25.8 Å². The monoisotopic (exact) mass is 280 g/mol. The van der Waals surface area contributed by atoms with Crippen LogP contribution in [0.2, 0.25) is 0 Å². The van der Waals surface area contributed by atoms with Crippen LogP contribution in [0, 0.1) is 0 Å². The maximum Gasteiger partial charge on any atom is 0.231 e. The van der Waals surface area contributed by atoms with Crippen LogP contribution in [0.1, 0.15) is 39.0 Å². The predicted molar refractivity (Wildman–Crippen MR) is 79.4 cm³/mol. The van der Waals surface area contributed by atoms with Gasteiger partial charge in [-0.25, -0.2) is 0 Å².